The molecule has 5 rings (SSSR count). The second-order valence-electron chi connectivity index (χ2n) is 7.57. The number of benzene rings is 4. The minimum absolute atomic E-state index is 0.310. The van der Waals surface area contributed by atoms with E-state index in [1.807, 2.05) is 16.8 Å². The first-order chi connectivity index (χ1) is 15.0. The molecule has 5 aromatic rings. The molecule has 1 unspecified atom stereocenters. The van der Waals surface area contributed by atoms with E-state index in [-0.39, 0.29) is 5.82 Å². The maximum absolute atomic E-state index is 14.4. The van der Waals surface area contributed by atoms with Gasteiger partial charge in [0, 0.05) is 22.7 Å². The Balaban J connectivity index is 1.66. The van der Waals surface area contributed by atoms with E-state index in [4.69, 9.17) is 0 Å². The minimum atomic E-state index is -1.93. The van der Waals surface area contributed by atoms with Crippen LogP contribution in [0, 0.1) is 11.6 Å². The van der Waals surface area contributed by atoms with Crippen molar-refractivity contribution in [2.75, 3.05) is 6.67 Å². The second kappa shape index (κ2) is 7.29. The van der Waals surface area contributed by atoms with Crippen LogP contribution in [0.1, 0.15) is 11.1 Å². The maximum Gasteiger partial charge on any atom is 0.143 e. The van der Waals surface area contributed by atoms with Crippen molar-refractivity contribution in [2.24, 2.45) is 0 Å². The average molecular weight is 417 g/mol. The summed E-state index contributed by atoms with van der Waals surface area (Å²) in [5, 5.41) is 13.0. The minimum Gasteiger partial charge on any atom is -0.378 e. The second-order valence-corrected chi connectivity index (χ2v) is 7.57. The highest BCUT2D eigenvalue weighted by Gasteiger charge is 2.34. The maximum atomic E-state index is 14.4. The van der Waals surface area contributed by atoms with Crippen LogP contribution in [0.4, 0.5) is 13.2 Å². The molecule has 1 heterocycles. The number of alkyl halides is 1. The number of rotatable bonds is 4. The number of hydrogen-bond donors (Lipinski definition) is 1. The molecule has 1 atom stereocenters. The largest absolute Gasteiger partial charge is 0.378 e. The van der Waals surface area contributed by atoms with Gasteiger partial charge in [0.05, 0.1) is 5.52 Å². The van der Waals surface area contributed by atoms with Crippen molar-refractivity contribution in [1.29, 1.82) is 0 Å². The van der Waals surface area contributed by atoms with Crippen LogP contribution in [-0.2, 0) is 5.60 Å². The third kappa shape index (κ3) is 3.09. The molecule has 0 amide bonds. The van der Waals surface area contributed by atoms with Gasteiger partial charge in [-0.15, -0.1) is 0 Å². The summed E-state index contributed by atoms with van der Waals surface area (Å²) in [4.78, 5) is 0. The van der Waals surface area contributed by atoms with Gasteiger partial charge in [0.25, 0.3) is 0 Å². The van der Waals surface area contributed by atoms with Crippen LogP contribution in [0.2, 0.25) is 0 Å². The monoisotopic (exact) mass is 417 g/mol. The number of aromatic nitrogens is 1. The van der Waals surface area contributed by atoms with E-state index in [0.717, 1.165) is 16.6 Å². The molecule has 0 spiro atoms. The summed E-state index contributed by atoms with van der Waals surface area (Å²) in [5.74, 6) is -0.741. The van der Waals surface area contributed by atoms with Crippen molar-refractivity contribution in [3.8, 4) is 5.69 Å². The van der Waals surface area contributed by atoms with E-state index in [1.54, 1.807) is 54.6 Å². The molecular weight excluding hydrogens is 399 g/mol. The zero-order chi connectivity index (χ0) is 21.6. The van der Waals surface area contributed by atoms with Gasteiger partial charge in [-0.25, -0.2) is 13.2 Å². The molecule has 0 fully saturated rings. The Bertz CT molecular complexity index is 1410. The molecule has 0 bridgehead atoms. The van der Waals surface area contributed by atoms with Crippen LogP contribution in [0.5, 0.6) is 0 Å². The smallest absolute Gasteiger partial charge is 0.143 e. The molecule has 0 saturated carbocycles. The SMILES string of the molecule is OC(CF)(c1ccc2c(ccn2-c2ccc(F)cc2)c1)c1ccc(F)c2ccccc12. The van der Waals surface area contributed by atoms with E-state index in [9.17, 15) is 18.3 Å². The summed E-state index contributed by atoms with van der Waals surface area (Å²) in [6, 6.07) is 22.6. The number of halogens is 3. The van der Waals surface area contributed by atoms with Gasteiger partial charge in [0.1, 0.15) is 23.9 Å². The van der Waals surface area contributed by atoms with Crippen LogP contribution in [-0.4, -0.2) is 16.3 Å². The summed E-state index contributed by atoms with van der Waals surface area (Å²) in [5.41, 5.74) is 0.370. The van der Waals surface area contributed by atoms with Crippen LogP contribution in [0.25, 0.3) is 27.4 Å². The topological polar surface area (TPSA) is 25.2 Å². The average Bonchev–Trinajstić information content (AvgIpc) is 3.23. The lowest BCUT2D eigenvalue weighted by Crippen LogP contribution is -2.30. The Morgan fingerprint density at radius 1 is 0.806 bits per heavy atom. The molecule has 0 aliphatic rings. The van der Waals surface area contributed by atoms with E-state index in [1.165, 1.54) is 24.3 Å². The fourth-order valence-electron chi connectivity index (χ4n) is 4.15. The van der Waals surface area contributed by atoms with Gasteiger partial charge in [0.15, 0.2) is 0 Å². The van der Waals surface area contributed by atoms with Gasteiger partial charge < -0.3 is 9.67 Å². The van der Waals surface area contributed by atoms with Gasteiger partial charge in [-0.2, -0.15) is 0 Å². The highest BCUT2D eigenvalue weighted by molar-refractivity contribution is 5.88. The molecule has 0 aliphatic carbocycles. The Labute approximate surface area is 176 Å². The van der Waals surface area contributed by atoms with E-state index >= 15 is 0 Å². The van der Waals surface area contributed by atoms with Crippen LogP contribution in [0.15, 0.2) is 91.1 Å². The van der Waals surface area contributed by atoms with Gasteiger partial charge >= 0.3 is 0 Å². The van der Waals surface area contributed by atoms with E-state index in [0.29, 0.717) is 21.9 Å². The Kier molecular flexibility index (Phi) is 4.56. The Morgan fingerprint density at radius 3 is 2.29 bits per heavy atom. The zero-order valence-corrected chi connectivity index (χ0v) is 16.4. The molecule has 154 valence electrons. The number of aliphatic hydroxyl groups is 1. The lowest BCUT2D eigenvalue weighted by atomic mass is 9.84. The zero-order valence-electron chi connectivity index (χ0n) is 16.4. The van der Waals surface area contributed by atoms with Crippen molar-refractivity contribution < 1.29 is 18.3 Å². The Hall–Kier alpha value is -3.57. The number of hydrogen-bond acceptors (Lipinski definition) is 1. The first kappa shape index (κ1) is 19.4. The molecular formula is C26H18F3NO. The van der Waals surface area contributed by atoms with Crippen LogP contribution < -0.4 is 0 Å². The molecule has 0 radical (unpaired) electrons. The van der Waals surface area contributed by atoms with Gasteiger partial charge in [-0.05, 0) is 65.0 Å². The predicted molar refractivity (Wildman–Crippen MR) is 116 cm³/mol. The third-order valence-electron chi connectivity index (χ3n) is 5.78. The molecule has 2 nitrogen and oxygen atoms in total. The molecule has 5 heteroatoms. The van der Waals surface area contributed by atoms with Gasteiger partial charge in [0.2, 0.25) is 0 Å². The van der Waals surface area contributed by atoms with Gasteiger partial charge in [-0.3, -0.25) is 0 Å². The molecule has 31 heavy (non-hydrogen) atoms. The summed E-state index contributed by atoms with van der Waals surface area (Å²) in [7, 11) is 0. The fourth-order valence-corrected chi connectivity index (χ4v) is 4.15. The first-order valence-electron chi connectivity index (χ1n) is 9.85. The van der Waals surface area contributed by atoms with Gasteiger partial charge in [-0.1, -0.05) is 36.4 Å². The molecule has 0 saturated heterocycles. The van der Waals surface area contributed by atoms with Crippen LogP contribution >= 0.6 is 0 Å². The standard InChI is InChI=1S/C26H18F3NO/c27-16-26(31,23-10-11-24(29)22-4-2-1-3-21(22)23)18-5-12-25-17(15-18)13-14-30(25)20-8-6-19(28)7-9-20/h1-15,31H,16H2. The lowest BCUT2D eigenvalue weighted by molar-refractivity contribution is 0.0533. The normalized spacial score (nSPS) is 13.5. The predicted octanol–water partition coefficient (Wildman–Crippen LogP) is 6.27. The molecule has 1 aromatic heterocycles. The summed E-state index contributed by atoms with van der Waals surface area (Å²) in [6.07, 6.45) is 1.84. The summed E-state index contributed by atoms with van der Waals surface area (Å²) >= 11 is 0. The highest BCUT2D eigenvalue weighted by Crippen LogP contribution is 2.37. The molecule has 1 N–H and O–H groups in total. The summed E-state index contributed by atoms with van der Waals surface area (Å²) < 4.78 is 43.8. The fraction of sp³-hybridized carbons (Fsp3) is 0.0769. The van der Waals surface area contributed by atoms with Crippen molar-refractivity contribution in [3.05, 3.63) is 114 Å². The van der Waals surface area contributed by atoms with Crippen molar-refractivity contribution >= 4 is 21.7 Å². The number of nitrogens with zero attached hydrogens (tertiary/aromatic N) is 1. The third-order valence-corrected chi connectivity index (χ3v) is 5.78. The Morgan fingerprint density at radius 2 is 1.55 bits per heavy atom. The molecule has 0 aliphatic heterocycles. The van der Waals surface area contributed by atoms with E-state index in [2.05, 4.69) is 0 Å². The van der Waals surface area contributed by atoms with Crippen LogP contribution in [0.3, 0.4) is 0 Å². The summed E-state index contributed by atoms with van der Waals surface area (Å²) in [6.45, 7) is -1.06. The quantitative estimate of drug-likeness (QED) is 0.366. The van der Waals surface area contributed by atoms with E-state index < -0.39 is 18.1 Å². The number of fused-ring (bicyclic) bond motifs is 2. The van der Waals surface area contributed by atoms with Crippen molar-refractivity contribution in [2.45, 2.75) is 5.60 Å². The van der Waals surface area contributed by atoms with Crippen molar-refractivity contribution in [1.82, 2.24) is 4.57 Å². The highest BCUT2D eigenvalue weighted by atomic mass is 19.1. The lowest BCUT2D eigenvalue weighted by Gasteiger charge is -2.28. The van der Waals surface area contributed by atoms with Crippen molar-refractivity contribution in [3.63, 3.8) is 0 Å². The molecule has 4 aromatic carbocycles. The first-order valence-corrected chi connectivity index (χ1v) is 9.85.